The number of aliphatic carboxylic acids is 1. The van der Waals surface area contributed by atoms with E-state index in [1.807, 2.05) is 13.8 Å². The predicted octanol–water partition coefficient (Wildman–Crippen LogP) is 1.29. The van der Waals surface area contributed by atoms with Gasteiger partial charge in [-0.2, -0.15) is 0 Å². The first-order valence-corrected chi connectivity index (χ1v) is 6.45. The molecular formula is C14H20N2O4. The van der Waals surface area contributed by atoms with Crippen LogP contribution in [0.2, 0.25) is 0 Å². The van der Waals surface area contributed by atoms with Crippen molar-refractivity contribution in [1.82, 2.24) is 9.88 Å². The maximum atomic E-state index is 12.2. The van der Waals surface area contributed by atoms with Gasteiger partial charge in [0.25, 0.3) is 5.91 Å². The summed E-state index contributed by atoms with van der Waals surface area (Å²) in [6, 6.07) is 2.87. The monoisotopic (exact) mass is 280 g/mol. The highest BCUT2D eigenvalue weighted by Gasteiger charge is 2.19. The van der Waals surface area contributed by atoms with Gasteiger partial charge in [-0.1, -0.05) is 20.8 Å². The Hall–Kier alpha value is -2.11. The highest BCUT2D eigenvalue weighted by Crippen LogP contribution is 2.12. The molecule has 1 aromatic rings. The number of carbonyl (C=O) groups is 2. The Kier molecular flexibility index (Phi) is 5.07. The summed E-state index contributed by atoms with van der Waals surface area (Å²) in [7, 11) is 1.53. The molecule has 2 N–H and O–H groups in total. The molecule has 6 nitrogen and oxygen atoms in total. The normalized spacial score (nSPS) is 12.2. The fourth-order valence-electron chi connectivity index (χ4n) is 1.79. The number of pyridine rings is 1. The molecular weight excluding hydrogens is 260 g/mol. The number of hydrogen-bond donors (Lipinski definition) is 2. The van der Waals surface area contributed by atoms with Crippen molar-refractivity contribution in [3.63, 3.8) is 0 Å². The van der Waals surface area contributed by atoms with Crippen LogP contribution in [0.1, 0.15) is 42.7 Å². The Morgan fingerprint density at radius 3 is 2.40 bits per heavy atom. The van der Waals surface area contributed by atoms with Crippen LogP contribution in [0.5, 0.6) is 0 Å². The molecule has 0 spiro atoms. The first kappa shape index (κ1) is 15.9. The van der Waals surface area contributed by atoms with Crippen molar-refractivity contribution in [2.24, 2.45) is 5.92 Å². The van der Waals surface area contributed by atoms with Gasteiger partial charge in [0.05, 0.1) is 5.92 Å². The number of rotatable bonds is 5. The average Bonchev–Trinajstić information content (AvgIpc) is 2.36. The van der Waals surface area contributed by atoms with Crippen molar-refractivity contribution in [2.75, 3.05) is 13.6 Å². The minimum Gasteiger partial charge on any atom is -0.481 e. The zero-order chi connectivity index (χ0) is 15.4. The van der Waals surface area contributed by atoms with Gasteiger partial charge in [-0.15, -0.1) is 0 Å². The zero-order valence-corrected chi connectivity index (χ0v) is 12.1. The van der Waals surface area contributed by atoms with Gasteiger partial charge < -0.3 is 15.0 Å². The van der Waals surface area contributed by atoms with Gasteiger partial charge in [-0.05, 0) is 12.0 Å². The summed E-state index contributed by atoms with van der Waals surface area (Å²) < 4.78 is 0. The summed E-state index contributed by atoms with van der Waals surface area (Å²) in [5.41, 5.74) is 0.623. The van der Waals surface area contributed by atoms with E-state index in [0.29, 0.717) is 5.69 Å². The lowest BCUT2D eigenvalue weighted by Gasteiger charge is -2.20. The number of nitrogens with zero attached hydrogens (tertiary/aromatic N) is 1. The molecule has 1 aromatic heterocycles. The number of aromatic amines is 1. The van der Waals surface area contributed by atoms with Gasteiger partial charge in [0, 0.05) is 30.9 Å². The number of carboxylic acid groups (broad SMARTS) is 1. The fourth-order valence-corrected chi connectivity index (χ4v) is 1.79. The lowest BCUT2D eigenvalue weighted by molar-refractivity contribution is -0.141. The van der Waals surface area contributed by atoms with Crippen LogP contribution in [0.4, 0.5) is 0 Å². The molecule has 1 rings (SSSR count). The number of amides is 1. The quantitative estimate of drug-likeness (QED) is 0.850. The first-order valence-electron chi connectivity index (χ1n) is 6.45. The molecule has 0 fully saturated rings. The Balaban J connectivity index is 2.97. The van der Waals surface area contributed by atoms with E-state index < -0.39 is 11.9 Å². The van der Waals surface area contributed by atoms with Crippen LogP contribution in [-0.2, 0) is 4.79 Å². The predicted molar refractivity (Wildman–Crippen MR) is 74.9 cm³/mol. The molecule has 0 saturated carbocycles. The maximum Gasteiger partial charge on any atom is 0.308 e. The first-order chi connectivity index (χ1) is 9.22. The van der Waals surface area contributed by atoms with E-state index in [1.54, 1.807) is 6.07 Å². The van der Waals surface area contributed by atoms with Crippen molar-refractivity contribution in [1.29, 1.82) is 0 Å². The van der Waals surface area contributed by atoms with E-state index >= 15 is 0 Å². The van der Waals surface area contributed by atoms with Crippen LogP contribution in [-0.4, -0.2) is 40.5 Å². The molecule has 110 valence electrons. The second-order valence-electron chi connectivity index (χ2n) is 5.27. The number of aromatic nitrogens is 1. The van der Waals surface area contributed by atoms with E-state index in [1.165, 1.54) is 24.9 Å². The highest BCUT2D eigenvalue weighted by molar-refractivity contribution is 5.94. The molecule has 0 aromatic carbocycles. The van der Waals surface area contributed by atoms with E-state index in [-0.39, 0.29) is 29.5 Å². The molecule has 6 heteroatoms. The lowest BCUT2D eigenvalue weighted by Crippen LogP contribution is -2.34. The van der Waals surface area contributed by atoms with Crippen LogP contribution in [0.25, 0.3) is 0 Å². The maximum absolute atomic E-state index is 12.2. The van der Waals surface area contributed by atoms with Crippen molar-refractivity contribution in [3.8, 4) is 0 Å². The summed E-state index contributed by atoms with van der Waals surface area (Å²) in [6.45, 7) is 5.45. The third-order valence-electron chi connectivity index (χ3n) is 3.05. The van der Waals surface area contributed by atoms with Crippen LogP contribution in [0, 0.1) is 5.92 Å². The standard InChI is InChI=1S/C14H20N2O4/c1-8(2)11-5-10(6-12(17)15-11)13(18)16(4)7-9(3)14(19)20/h5-6,8-9H,7H2,1-4H3,(H,15,17)(H,19,20). The summed E-state index contributed by atoms with van der Waals surface area (Å²) in [5.74, 6) is -1.88. The molecule has 20 heavy (non-hydrogen) atoms. The van der Waals surface area contributed by atoms with Gasteiger partial charge in [0.15, 0.2) is 0 Å². The van der Waals surface area contributed by atoms with Gasteiger partial charge in [0.2, 0.25) is 5.56 Å². The van der Waals surface area contributed by atoms with Gasteiger partial charge in [0.1, 0.15) is 0 Å². The highest BCUT2D eigenvalue weighted by atomic mass is 16.4. The van der Waals surface area contributed by atoms with Crippen molar-refractivity contribution in [3.05, 3.63) is 33.7 Å². The number of carbonyl (C=O) groups excluding carboxylic acids is 1. The van der Waals surface area contributed by atoms with Gasteiger partial charge >= 0.3 is 5.97 Å². The molecule has 0 aliphatic carbocycles. The summed E-state index contributed by atoms with van der Waals surface area (Å²) in [4.78, 5) is 38.6. The molecule has 0 aliphatic rings. The lowest BCUT2D eigenvalue weighted by atomic mass is 10.1. The van der Waals surface area contributed by atoms with Crippen LogP contribution >= 0.6 is 0 Å². The second-order valence-corrected chi connectivity index (χ2v) is 5.27. The van der Waals surface area contributed by atoms with Gasteiger partial charge in [-0.25, -0.2) is 0 Å². The minimum absolute atomic E-state index is 0.0952. The van der Waals surface area contributed by atoms with E-state index in [0.717, 1.165) is 0 Å². The molecule has 0 saturated heterocycles. The number of nitrogens with one attached hydrogen (secondary N) is 1. The molecule has 0 aliphatic heterocycles. The third-order valence-corrected chi connectivity index (χ3v) is 3.05. The summed E-state index contributed by atoms with van der Waals surface area (Å²) in [5, 5.41) is 8.85. The third kappa shape index (κ3) is 3.94. The Morgan fingerprint density at radius 2 is 1.90 bits per heavy atom. The minimum atomic E-state index is -0.960. The summed E-state index contributed by atoms with van der Waals surface area (Å²) in [6.07, 6.45) is 0. The number of H-pyrrole nitrogens is 1. The Bertz CT molecular complexity index is 563. The molecule has 1 atom stereocenters. The molecule has 1 heterocycles. The van der Waals surface area contributed by atoms with Crippen LogP contribution in [0.3, 0.4) is 0 Å². The smallest absolute Gasteiger partial charge is 0.308 e. The summed E-state index contributed by atoms with van der Waals surface area (Å²) >= 11 is 0. The van der Waals surface area contributed by atoms with Crippen molar-refractivity contribution >= 4 is 11.9 Å². The second kappa shape index (κ2) is 6.36. The van der Waals surface area contributed by atoms with Crippen molar-refractivity contribution in [2.45, 2.75) is 26.7 Å². The average molecular weight is 280 g/mol. The molecule has 0 radical (unpaired) electrons. The number of carboxylic acids is 1. The molecule has 1 unspecified atom stereocenters. The van der Waals surface area contributed by atoms with Gasteiger partial charge in [-0.3, -0.25) is 14.4 Å². The largest absolute Gasteiger partial charge is 0.481 e. The Morgan fingerprint density at radius 1 is 1.30 bits per heavy atom. The van der Waals surface area contributed by atoms with E-state index in [9.17, 15) is 14.4 Å². The Labute approximate surface area is 117 Å². The van der Waals surface area contributed by atoms with Crippen LogP contribution in [0.15, 0.2) is 16.9 Å². The van der Waals surface area contributed by atoms with Crippen LogP contribution < -0.4 is 5.56 Å². The number of hydrogen-bond acceptors (Lipinski definition) is 3. The fraction of sp³-hybridized carbons (Fsp3) is 0.500. The zero-order valence-electron chi connectivity index (χ0n) is 12.1. The molecule has 0 bridgehead atoms. The molecule has 1 amide bonds. The SMILES string of the molecule is CC(CN(C)C(=O)c1cc(C(C)C)[nH]c(=O)c1)C(=O)O. The van der Waals surface area contributed by atoms with E-state index in [4.69, 9.17) is 5.11 Å². The topological polar surface area (TPSA) is 90.5 Å². The van der Waals surface area contributed by atoms with Crippen molar-refractivity contribution < 1.29 is 14.7 Å². The van der Waals surface area contributed by atoms with E-state index in [2.05, 4.69) is 4.98 Å².